The average Bonchev–Trinajstić information content (AvgIpc) is 3.37. The maximum Gasteiger partial charge on any atom is 0.328 e. The van der Waals surface area contributed by atoms with Gasteiger partial charge in [0.1, 0.15) is 0 Å². The van der Waals surface area contributed by atoms with Crippen molar-refractivity contribution in [2.45, 2.75) is 110 Å². The Morgan fingerprint density at radius 2 is 1.62 bits per heavy atom. The van der Waals surface area contributed by atoms with Crippen LogP contribution in [0.15, 0.2) is 47.4 Å². The van der Waals surface area contributed by atoms with Crippen LogP contribution in [0.4, 0.5) is 0 Å². The molecule has 6 rings (SSSR count). The Morgan fingerprint density at radius 1 is 0.933 bits per heavy atom. The molecule has 248 valence electrons. The minimum Gasteiger partial charge on any atom is -0.478 e. The molecule has 1 aliphatic heterocycles. The van der Waals surface area contributed by atoms with E-state index in [1.807, 2.05) is 0 Å². The van der Waals surface area contributed by atoms with Gasteiger partial charge in [0.15, 0.2) is 0 Å². The third-order valence-corrected chi connectivity index (χ3v) is 17.2. The number of allylic oxidation sites excluding steroid dienone is 1. The first kappa shape index (κ1) is 33.0. The summed E-state index contributed by atoms with van der Waals surface area (Å²) >= 11 is 0. The lowest BCUT2D eigenvalue weighted by Crippen LogP contribution is -2.70. The predicted molar refractivity (Wildman–Crippen MR) is 179 cm³/mol. The molecular weight excluding hydrogens is 582 g/mol. The van der Waals surface area contributed by atoms with Crippen LogP contribution < -0.4 is 0 Å². The molecule has 1 heterocycles. The molecular formula is C38H55NO5S. The van der Waals surface area contributed by atoms with Crippen LogP contribution in [0, 0.1) is 51.2 Å². The molecule has 3 unspecified atom stereocenters. The Bertz CT molecular complexity index is 1500. The van der Waals surface area contributed by atoms with E-state index in [1.165, 1.54) is 30.9 Å². The highest BCUT2D eigenvalue weighted by molar-refractivity contribution is 7.89. The van der Waals surface area contributed by atoms with Gasteiger partial charge >= 0.3 is 5.97 Å². The number of carboxylic acids is 1. The number of piperidine rings is 1. The first-order valence-electron chi connectivity index (χ1n) is 17.3. The van der Waals surface area contributed by atoms with Crippen LogP contribution in [0.3, 0.4) is 0 Å². The normalized spacial score (nSPS) is 42.8. The van der Waals surface area contributed by atoms with Gasteiger partial charge in [-0.2, -0.15) is 4.31 Å². The van der Waals surface area contributed by atoms with Gasteiger partial charge in [-0.1, -0.05) is 45.1 Å². The van der Waals surface area contributed by atoms with Gasteiger partial charge in [-0.3, -0.25) is 0 Å². The summed E-state index contributed by atoms with van der Waals surface area (Å²) in [5.41, 5.74) is 1.85. The number of benzene rings is 1. The fourth-order valence-electron chi connectivity index (χ4n) is 12.7. The van der Waals surface area contributed by atoms with Gasteiger partial charge in [0.2, 0.25) is 10.0 Å². The summed E-state index contributed by atoms with van der Waals surface area (Å²) in [5, 5.41) is 19.7. The lowest BCUT2D eigenvalue weighted by Gasteiger charge is -2.73. The molecule has 4 aliphatic carbocycles. The van der Waals surface area contributed by atoms with Crippen LogP contribution in [0.1, 0.15) is 105 Å². The van der Waals surface area contributed by atoms with E-state index in [1.54, 1.807) is 28.6 Å². The number of aliphatic carboxylic acids is 1. The molecule has 4 saturated carbocycles. The summed E-state index contributed by atoms with van der Waals surface area (Å²) in [7, 11) is -3.74. The third kappa shape index (κ3) is 4.60. The Labute approximate surface area is 271 Å². The van der Waals surface area contributed by atoms with E-state index in [9.17, 15) is 18.3 Å². The van der Waals surface area contributed by atoms with Crippen molar-refractivity contribution in [2.75, 3.05) is 13.2 Å². The molecule has 9 atom stereocenters. The van der Waals surface area contributed by atoms with Crippen LogP contribution in [0.5, 0.6) is 0 Å². The fraction of sp³-hybridized carbons (Fsp3) is 0.711. The zero-order valence-electron chi connectivity index (χ0n) is 28.3. The number of sulfonamides is 1. The number of nitrogens with zero attached hydrogens (tertiary/aromatic N) is 1. The van der Waals surface area contributed by atoms with E-state index in [-0.39, 0.29) is 32.5 Å². The van der Waals surface area contributed by atoms with Gasteiger partial charge in [0.25, 0.3) is 0 Å². The lowest BCUT2D eigenvalue weighted by molar-refractivity contribution is -0.238. The number of carboxylic acid groups (broad SMARTS) is 1. The SMILES string of the molecule is C=C(C)[C@@H]1CC[C@]2(CO)CC[C@]3(C)[C@H](CCC4[C@@]5(C)CCN(S(=O)(=O)c6ccc(/C=C/C(=O)O)cc6)C(C)(C)C5CC[C@]43C)C12. The van der Waals surface area contributed by atoms with Crippen LogP contribution in [0.25, 0.3) is 6.08 Å². The van der Waals surface area contributed by atoms with Crippen molar-refractivity contribution in [3.63, 3.8) is 0 Å². The van der Waals surface area contributed by atoms with Gasteiger partial charge in [-0.15, -0.1) is 0 Å². The molecule has 0 bridgehead atoms. The minimum atomic E-state index is -3.74. The Hall–Kier alpha value is -1.96. The zero-order chi connectivity index (χ0) is 32.8. The van der Waals surface area contributed by atoms with Crippen LogP contribution in [0.2, 0.25) is 0 Å². The van der Waals surface area contributed by atoms with Crippen molar-refractivity contribution < 1.29 is 23.4 Å². The predicted octanol–water partition coefficient (Wildman–Crippen LogP) is 7.79. The number of hydrogen-bond donors (Lipinski definition) is 2. The summed E-state index contributed by atoms with van der Waals surface area (Å²) in [4.78, 5) is 11.2. The molecule has 1 aromatic carbocycles. The monoisotopic (exact) mass is 637 g/mol. The van der Waals surface area contributed by atoms with Crippen molar-refractivity contribution in [1.82, 2.24) is 4.31 Å². The van der Waals surface area contributed by atoms with E-state index in [2.05, 4.69) is 48.1 Å². The highest BCUT2D eigenvalue weighted by atomic mass is 32.2. The number of fused-ring (bicyclic) bond motifs is 7. The van der Waals surface area contributed by atoms with E-state index >= 15 is 0 Å². The average molecular weight is 638 g/mol. The molecule has 45 heavy (non-hydrogen) atoms. The minimum absolute atomic E-state index is 0.0386. The Kier molecular flexibility index (Phi) is 7.90. The highest BCUT2D eigenvalue weighted by Gasteiger charge is 2.71. The van der Waals surface area contributed by atoms with Crippen LogP contribution in [-0.2, 0) is 14.8 Å². The molecule has 7 heteroatoms. The zero-order valence-corrected chi connectivity index (χ0v) is 29.1. The standard InChI is InChI=1S/C38H55NO5S/c1-25(2)28-16-19-38(24-40)21-20-36(6)29(33(28)38)13-14-31-35(5)22-23-39(34(3,4)30(35)17-18-37(31,36)7)45(43,44)27-11-8-26(9-12-27)10-15-32(41)42/h8-12,15,28-31,33,40H,1,13-14,16-24H2,2-7H3,(H,41,42)/b15-10+/t28-,29+,30?,31?,33?,35-,36+,37+,38+/m0/s1. The number of hydrogen-bond acceptors (Lipinski definition) is 4. The quantitative estimate of drug-likeness (QED) is 0.245. The number of aliphatic hydroxyl groups is 1. The topological polar surface area (TPSA) is 94.9 Å². The maximum atomic E-state index is 14.2. The second-order valence-corrected chi connectivity index (χ2v) is 18.8. The lowest BCUT2D eigenvalue weighted by atomic mass is 9.33. The third-order valence-electron chi connectivity index (χ3n) is 15.1. The summed E-state index contributed by atoms with van der Waals surface area (Å²) < 4.78 is 30.1. The largest absolute Gasteiger partial charge is 0.478 e. The first-order chi connectivity index (χ1) is 21.0. The van der Waals surface area contributed by atoms with E-state index < -0.39 is 21.5 Å². The molecule has 0 radical (unpaired) electrons. The smallest absolute Gasteiger partial charge is 0.328 e. The van der Waals surface area contributed by atoms with Gasteiger partial charge in [0.05, 0.1) is 4.90 Å². The van der Waals surface area contributed by atoms with Crippen molar-refractivity contribution in [3.05, 3.63) is 48.1 Å². The second kappa shape index (κ2) is 10.8. The molecule has 5 fully saturated rings. The summed E-state index contributed by atoms with van der Waals surface area (Å²) in [6, 6.07) is 6.57. The van der Waals surface area contributed by atoms with Crippen molar-refractivity contribution >= 4 is 22.1 Å². The number of rotatable bonds is 6. The van der Waals surface area contributed by atoms with Crippen molar-refractivity contribution in [3.8, 4) is 0 Å². The van der Waals surface area contributed by atoms with Gasteiger partial charge in [-0.25, -0.2) is 13.2 Å². The Balaban J connectivity index is 1.30. The molecule has 5 aliphatic rings. The number of aliphatic hydroxyl groups excluding tert-OH is 1. The number of carbonyl (C=O) groups is 1. The maximum absolute atomic E-state index is 14.2. The second-order valence-electron chi connectivity index (χ2n) is 16.9. The fourth-order valence-corrected chi connectivity index (χ4v) is 14.5. The van der Waals surface area contributed by atoms with Gasteiger partial charge in [-0.05, 0) is 154 Å². The van der Waals surface area contributed by atoms with Gasteiger partial charge < -0.3 is 10.2 Å². The molecule has 1 aromatic rings. The molecule has 2 N–H and O–H groups in total. The summed E-state index contributed by atoms with van der Waals surface area (Å²) in [6.45, 7) is 19.4. The molecule has 0 aromatic heterocycles. The first-order valence-corrected chi connectivity index (χ1v) is 18.7. The van der Waals surface area contributed by atoms with E-state index in [0.29, 0.717) is 42.4 Å². The summed E-state index contributed by atoms with van der Waals surface area (Å²) in [6.07, 6.45) is 12.5. The highest BCUT2D eigenvalue weighted by Crippen LogP contribution is 2.76. The van der Waals surface area contributed by atoms with Crippen molar-refractivity contribution in [1.29, 1.82) is 0 Å². The molecule has 6 nitrogen and oxygen atoms in total. The molecule has 1 saturated heterocycles. The summed E-state index contributed by atoms with van der Waals surface area (Å²) in [5.74, 6) is 1.35. The molecule has 0 amide bonds. The van der Waals surface area contributed by atoms with Crippen LogP contribution >= 0.6 is 0 Å². The van der Waals surface area contributed by atoms with Gasteiger partial charge in [0, 0.05) is 24.8 Å². The van der Waals surface area contributed by atoms with Crippen LogP contribution in [-0.4, -0.2) is 47.6 Å². The Morgan fingerprint density at radius 3 is 2.24 bits per heavy atom. The van der Waals surface area contributed by atoms with E-state index in [4.69, 9.17) is 5.11 Å². The molecule has 0 spiro atoms. The van der Waals surface area contributed by atoms with Crippen molar-refractivity contribution in [2.24, 2.45) is 51.2 Å². The van der Waals surface area contributed by atoms with E-state index in [0.717, 1.165) is 44.6 Å².